The molecule has 6 nitrogen and oxygen atoms in total. The Hall–Kier alpha value is -2.28. The van der Waals surface area contributed by atoms with Crippen LogP contribution >= 0.6 is 34.8 Å². The van der Waals surface area contributed by atoms with E-state index in [2.05, 4.69) is 16.0 Å². The zero-order valence-electron chi connectivity index (χ0n) is 13.5. The first-order valence-electron chi connectivity index (χ1n) is 7.36. The maximum Gasteiger partial charge on any atom is 0.313 e. The molecule has 26 heavy (non-hydrogen) atoms. The summed E-state index contributed by atoms with van der Waals surface area (Å²) in [5.74, 6) is -2.40. The number of aryl methyl sites for hydroxylation is 1. The maximum atomic E-state index is 11.9. The Balaban J connectivity index is 1.86. The molecule has 136 valence electrons. The van der Waals surface area contributed by atoms with Gasteiger partial charge in [-0.2, -0.15) is 0 Å². The third kappa shape index (κ3) is 5.91. The van der Waals surface area contributed by atoms with E-state index in [1.165, 1.54) is 18.2 Å². The Labute approximate surface area is 164 Å². The lowest BCUT2D eigenvalue weighted by Gasteiger charge is -2.10. The van der Waals surface area contributed by atoms with Gasteiger partial charge in [0.05, 0.1) is 6.54 Å². The topological polar surface area (TPSA) is 87.3 Å². The standard InChI is InChI=1S/C17H14Cl3N3O3/c1-9-4-10(18)2-3-14(9)23-15(24)8-21-16(25)17(26)22-13-6-11(19)5-12(20)7-13/h2-7H,8H2,1H3,(H,21,25)(H,22,26)(H,23,24). The molecule has 0 aromatic heterocycles. The molecule has 0 aliphatic rings. The van der Waals surface area contributed by atoms with Gasteiger partial charge in [0.25, 0.3) is 0 Å². The van der Waals surface area contributed by atoms with Crippen LogP contribution in [0.5, 0.6) is 0 Å². The van der Waals surface area contributed by atoms with Gasteiger partial charge in [-0.25, -0.2) is 0 Å². The number of anilines is 2. The van der Waals surface area contributed by atoms with Gasteiger partial charge in [0.2, 0.25) is 5.91 Å². The second kappa shape index (κ2) is 8.89. The lowest BCUT2D eigenvalue weighted by molar-refractivity contribution is -0.136. The summed E-state index contributed by atoms with van der Waals surface area (Å²) in [6, 6.07) is 9.34. The molecule has 0 fully saturated rings. The van der Waals surface area contributed by atoms with E-state index in [9.17, 15) is 14.4 Å². The van der Waals surface area contributed by atoms with Crippen molar-refractivity contribution in [3.8, 4) is 0 Å². The fraction of sp³-hybridized carbons (Fsp3) is 0.118. The van der Waals surface area contributed by atoms with Crippen molar-refractivity contribution in [3.63, 3.8) is 0 Å². The van der Waals surface area contributed by atoms with Gasteiger partial charge in [0.1, 0.15) is 0 Å². The van der Waals surface area contributed by atoms with Crippen LogP contribution in [-0.4, -0.2) is 24.3 Å². The molecule has 0 spiro atoms. The summed E-state index contributed by atoms with van der Waals surface area (Å²) in [6.07, 6.45) is 0. The summed E-state index contributed by atoms with van der Waals surface area (Å²) in [5, 5.41) is 8.36. The van der Waals surface area contributed by atoms with Crippen LogP contribution in [0.3, 0.4) is 0 Å². The minimum absolute atomic E-state index is 0.267. The third-order valence-corrected chi connectivity index (χ3v) is 3.87. The normalized spacial score (nSPS) is 10.2. The van der Waals surface area contributed by atoms with E-state index in [1.54, 1.807) is 25.1 Å². The first-order chi connectivity index (χ1) is 12.2. The zero-order chi connectivity index (χ0) is 19.3. The molecular weight excluding hydrogens is 401 g/mol. The van der Waals surface area contributed by atoms with Crippen molar-refractivity contribution in [3.05, 3.63) is 57.0 Å². The summed E-state index contributed by atoms with van der Waals surface area (Å²) < 4.78 is 0. The molecule has 2 aromatic carbocycles. The van der Waals surface area contributed by atoms with Crippen molar-refractivity contribution in [2.45, 2.75) is 6.92 Å². The SMILES string of the molecule is Cc1cc(Cl)ccc1NC(=O)CNC(=O)C(=O)Nc1cc(Cl)cc(Cl)c1. The number of nitrogens with one attached hydrogen (secondary N) is 3. The van der Waals surface area contributed by atoms with Gasteiger partial charge in [-0.3, -0.25) is 14.4 Å². The predicted molar refractivity (Wildman–Crippen MR) is 103 cm³/mol. The van der Waals surface area contributed by atoms with Crippen LogP contribution in [0.25, 0.3) is 0 Å². The number of hydrogen-bond donors (Lipinski definition) is 3. The fourth-order valence-corrected chi connectivity index (χ4v) is 2.77. The second-order valence-electron chi connectivity index (χ2n) is 5.30. The molecule has 9 heteroatoms. The van der Waals surface area contributed by atoms with Crippen LogP contribution in [0.2, 0.25) is 15.1 Å². The molecule has 3 amide bonds. The summed E-state index contributed by atoms with van der Waals surface area (Å²) in [5.41, 5.74) is 1.60. The van der Waals surface area contributed by atoms with Crippen molar-refractivity contribution in [1.29, 1.82) is 0 Å². The highest BCUT2D eigenvalue weighted by Gasteiger charge is 2.15. The van der Waals surface area contributed by atoms with Crippen molar-refractivity contribution in [2.24, 2.45) is 0 Å². The van der Waals surface area contributed by atoms with Crippen molar-refractivity contribution >= 4 is 63.9 Å². The van der Waals surface area contributed by atoms with Gasteiger partial charge >= 0.3 is 11.8 Å². The number of halogens is 3. The number of amides is 3. The largest absolute Gasteiger partial charge is 0.339 e. The maximum absolute atomic E-state index is 11.9. The Morgan fingerprint density at radius 1 is 0.846 bits per heavy atom. The molecule has 0 saturated heterocycles. The molecule has 3 N–H and O–H groups in total. The molecule has 0 aliphatic carbocycles. The fourth-order valence-electron chi connectivity index (χ4n) is 2.02. The number of benzene rings is 2. The van der Waals surface area contributed by atoms with Gasteiger partial charge in [0, 0.05) is 26.4 Å². The number of carbonyl (C=O) groups is 3. The highest BCUT2D eigenvalue weighted by Crippen LogP contribution is 2.22. The molecule has 0 atom stereocenters. The van der Waals surface area contributed by atoms with E-state index >= 15 is 0 Å². The quantitative estimate of drug-likeness (QED) is 0.667. The van der Waals surface area contributed by atoms with Gasteiger partial charge < -0.3 is 16.0 Å². The summed E-state index contributed by atoms with van der Waals surface area (Å²) in [4.78, 5) is 35.5. The van der Waals surface area contributed by atoms with Crippen molar-refractivity contribution < 1.29 is 14.4 Å². The van der Waals surface area contributed by atoms with Crippen LogP contribution < -0.4 is 16.0 Å². The van der Waals surface area contributed by atoms with Crippen LogP contribution in [0.4, 0.5) is 11.4 Å². The van der Waals surface area contributed by atoms with E-state index in [0.717, 1.165) is 5.56 Å². The Bertz CT molecular complexity index is 851. The monoisotopic (exact) mass is 413 g/mol. The van der Waals surface area contributed by atoms with Crippen LogP contribution in [0.15, 0.2) is 36.4 Å². The second-order valence-corrected chi connectivity index (χ2v) is 6.61. The highest BCUT2D eigenvalue weighted by atomic mass is 35.5. The van der Waals surface area contributed by atoms with Crippen LogP contribution in [-0.2, 0) is 14.4 Å². The molecule has 2 aromatic rings. The smallest absolute Gasteiger partial charge is 0.313 e. The lowest BCUT2D eigenvalue weighted by atomic mass is 10.2. The predicted octanol–water partition coefficient (Wildman–Crippen LogP) is 3.65. The number of hydrogen-bond acceptors (Lipinski definition) is 3. The van der Waals surface area contributed by atoms with E-state index in [-0.39, 0.29) is 12.2 Å². The molecule has 0 saturated carbocycles. The van der Waals surface area contributed by atoms with E-state index in [0.29, 0.717) is 20.8 Å². The van der Waals surface area contributed by atoms with Crippen LogP contribution in [0.1, 0.15) is 5.56 Å². The van der Waals surface area contributed by atoms with E-state index in [1.807, 2.05) is 0 Å². The number of rotatable bonds is 4. The summed E-state index contributed by atoms with van der Waals surface area (Å²) >= 11 is 17.5. The van der Waals surface area contributed by atoms with Gasteiger partial charge in [-0.05, 0) is 48.9 Å². The summed E-state index contributed by atoms with van der Waals surface area (Å²) in [6.45, 7) is 1.41. The Morgan fingerprint density at radius 3 is 2.12 bits per heavy atom. The Morgan fingerprint density at radius 2 is 1.50 bits per heavy atom. The number of carbonyl (C=O) groups excluding carboxylic acids is 3. The van der Waals surface area contributed by atoms with E-state index < -0.39 is 17.7 Å². The first-order valence-corrected chi connectivity index (χ1v) is 8.49. The lowest BCUT2D eigenvalue weighted by Crippen LogP contribution is -2.39. The minimum atomic E-state index is -0.968. The molecule has 2 rings (SSSR count). The summed E-state index contributed by atoms with van der Waals surface area (Å²) in [7, 11) is 0. The van der Waals surface area contributed by atoms with Crippen molar-refractivity contribution in [2.75, 3.05) is 17.2 Å². The minimum Gasteiger partial charge on any atom is -0.339 e. The van der Waals surface area contributed by atoms with Gasteiger partial charge in [-0.15, -0.1) is 0 Å². The van der Waals surface area contributed by atoms with Crippen molar-refractivity contribution in [1.82, 2.24) is 5.32 Å². The molecule has 0 unspecified atom stereocenters. The molecule has 0 heterocycles. The zero-order valence-corrected chi connectivity index (χ0v) is 15.8. The Kier molecular flexibility index (Phi) is 6.85. The molecule has 0 bridgehead atoms. The molecule has 0 radical (unpaired) electrons. The van der Waals surface area contributed by atoms with E-state index in [4.69, 9.17) is 34.8 Å². The van der Waals surface area contributed by atoms with Gasteiger partial charge in [-0.1, -0.05) is 34.8 Å². The third-order valence-electron chi connectivity index (χ3n) is 3.20. The first kappa shape index (κ1) is 20.0. The highest BCUT2D eigenvalue weighted by molar-refractivity contribution is 6.40. The van der Waals surface area contributed by atoms with Crippen LogP contribution in [0, 0.1) is 6.92 Å². The average molecular weight is 415 g/mol. The molecule has 0 aliphatic heterocycles. The average Bonchev–Trinajstić information content (AvgIpc) is 2.54. The molecular formula is C17H14Cl3N3O3. The van der Waals surface area contributed by atoms with Gasteiger partial charge in [0.15, 0.2) is 0 Å².